The molecule has 1 saturated heterocycles. The van der Waals surface area contributed by atoms with Crippen LogP contribution in [0.1, 0.15) is 28.8 Å². The third kappa shape index (κ3) is 5.79. The van der Waals surface area contributed by atoms with E-state index in [4.69, 9.17) is 11.6 Å². The van der Waals surface area contributed by atoms with Gasteiger partial charge in [-0.05, 0) is 43.2 Å². The molecule has 0 unspecified atom stereocenters. The maximum Gasteiger partial charge on any atom is 0.253 e. The summed E-state index contributed by atoms with van der Waals surface area (Å²) in [5.74, 6) is 1.33. The van der Waals surface area contributed by atoms with E-state index in [1.807, 2.05) is 21.6 Å². The van der Waals surface area contributed by atoms with Crippen LogP contribution in [0.2, 0.25) is 5.02 Å². The third-order valence-electron chi connectivity index (χ3n) is 5.52. The summed E-state index contributed by atoms with van der Waals surface area (Å²) in [5.41, 5.74) is 1.57. The van der Waals surface area contributed by atoms with Gasteiger partial charge in [0.2, 0.25) is 5.91 Å². The molecule has 1 heterocycles. The molecule has 1 saturated carbocycles. The zero-order chi connectivity index (χ0) is 21.8. The van der Waals surface area contributed by atoms with Crippen molar-refractivity contribution >= 4 is 40.9 Å². The van der Waals surface area contributed by atoms with Gasteiger partial charge in [0.05, 0.1) is 6.54 Å². The van der Waals surface area contributed by atoms with E-state index in [9.17, 15) is 14.0 Å². The van der Waals surface area contributed by atoms with Gasteiger partial charge in [0.15, 0.2) is 0 Å². The summed E-state index contributed by atoms with van der Waals surface area (Å²) in [5, 5.41) is 3.25. The second-order valence-corrected chi connectivity index (χ2v) is 9.50. The number of benzene rings is 2. The molecule has 0 radical (unpaired) electrons. The number of amides is 2. The standard InChI is InChI=1S/C23H25ClFN3O2S/c24-20-5-2-6-21(25)19(20)14-28(18-7-8-18)15-22(29)26-17-4-1-3-16(13-17)23(30)27-9-11-31-12-10-27/h1-6,13,18H,7-12,14-15H2,(H,26,29). The summed E-state index contributed by atoms with van der Waals surface area (Å²) < 4.78 is 14.2. The van der Waals surface area contributed by atoms with Crippen molar-refractivity contribution in [1.82, 2.24) is 9.80 Å². The van der Waals surface area contributed by atoms with Crippen LogP contribution in [0.4, 0.5) is 10.1 Å². The first kappa shape index (κ1) is 22.1. The van der Waals surface area contributed by atoms with Gasteiger partial charge >= 0.3 is 0 Å². The molecule has 1 N–H and O–H groups in total. The molecular formula is C23H25ClFN3O2S. The highest BCUT2D eigenvalue weighted by Gasteiger charge is 2.31. The zero-order valence-electron chi connectivity index (χ0n) is 17.2. The summed E-state index contributed by atoms with van der Waals surface area (Å²) in [4.78, 5) is 29.3. The van der Waals surface area contributed by atoms with Gasteiger partial charge in [-0.3, -0.25) is 14.5 Å². The lowest BCUT2D eigenvalue weighted by Crippen LogP contribution is -2.38. The molecular weight excluding hydrogens is 437 g/mol. The van der Waals surface area contributed by atoms with E-state index < -0.39 is 0 Å². The van der Waals surface area contributed by atoms with Crippen LogP contribution in [0.5, 0.6) is 0 Å². The molecule has 0 aromatic heterocycles. The van der Waals surface area contributed by atoms with E-state index in [1.54, 1.807) is 36.4 Å². The van der Waals surface area contributed by atoms with E-state index in [0.717, 1.165) is 37.4 Å². The Kier molecular flexibility index (Phi) is 7.15. The fourth-order valence-electron chi connectivity index (χ4n) is 3.70. The summed E-state index contributed by atoms with van der Waals surface area (Å²) in [6.07, 6.45) is 1.97. The fourth-order valence-corrected chi connectivity index (χ4v) is 4.83. The van der Waals surface area contributed by atoms with E-state index >= 15 is 0 Å². The first-order chi connectivity index (χ1) is 15.0. The van der Waals surface area contributed by atoms with Gasteiger partial charge in [-0.15, -0.1) is 0 Å². The van der Waals surface area contributed by atoms with Crippen molar-refractivity contribution in [2.75, 3.05) is 36.5 Å². The number of nitrogens with one attached hydrogen (secondary N) is 1. The first-order valence-corrected chi connectivity index (χ1v) is 12.0. The molecule has 4 rings (SSSR count). The molecule has 8 heteroatoms. The lowest BCUT2D eigenvalue weighted by atomic mass is 10.1. The second kappa shape index (κ2) is 10.0. The van der Waals surface area contributed by atoms with E-state index in [-0.39, 0.29) is 36.8 Å². The van der Waals surface area contributed by atoms with Gasteiger partial charge < -0.3 is 10.2 Å². The van der Waals surface area contributed by atoms with Crippen molar-refractivity contribution in [2.24, 2.45) is 0 Å². The Hall–Kier alpha value is -2.09. The van der Waals surface area contributed by atoms with Crippen molar-refractivity contribution in [3.05, 3.63) is 64.4 Å². The molecule has 31 heavy (non-hydrogen) atoms. The lowest BCUT2D eigenvalue weighted by Gasteiger charge is -2.26. The van der Waals surface area contributed by atoms with Crippen LogP contribution in [0.25, 0.3) is 0 Å². The van der Waals surface area contributed by atoms with Crippen molar-refractivity contribution in [3.8, 4) is 0 Å². The highest BCUT2D eigenvalue weighted by Crippen LogP contribution is 2.30. The normalized spacial score (nSPS) is 16.4. The molecule has 2 aliphatic rings. The number of nitrogens with zero attached hydrogens (tertiary/aromatic N) is 2. The van der Waals surface area contributed by atoms with Crippen molar-refractivity contribution < 1.29 is 14.0 Å². The van der Waals surface area contributed by atoms with Crippen molar-refractivity contribution in [1.29, 1.82) is 0 Å². The average molecular weight is 462 g/mol. The smallest absolute Gasteiger partial charge is 0.253 e. The Balaban J connectivity index is 1.40. The SMILES string of the molecule is O=C(CN(Cc1c(F)cccc1Cl)C1CC1)Nc1cccc(C(=O)N2CCSCC2)c1. The molecule has 164 valence electrons. The van der Waals surface area contributed by atoms with Crippen LogP contribution < -0.4 is 5.32 Å². The minimum atomic E-state index is -0.360. The van der Waals surface area contributed by atoms with Crippen LogP contribution in [0, 0.1) is 5.82 Å². The molecule has 1 aliphatic carbocycles. The third-order valence-corrected chi connectivity index (χ3v) is 6.82. The number of carbonyl (C=O) groups is 2. The van der Waals surface area contributed by atoms with Crippen LogP contribution >= 0.6 is 23.4 Å². The average Bonchev–Trinajstić information content (AvgIpc) is 3.61. The second-order valence-electron chi connectivity index (χ2n) is 7.87. The highest BCUT2D eigenvalue weighted by atomic mass is 35.5. The largest absolute Gasteiger partial charge is 0.337 e. The summed E-state index contributed by atoms with van der Waals surface area (Å²) in [7, 11) is 0. The monoisotopic (exact) mass is 461 g/mol. The number of hydrogen-bond donors (Lipinski definition) is 1. The summed E-state index contributed by atoms with van der Waals surface area (Å²) in [6, 6.07) is 11.9. The summed E-state index contributed by atoms with van der Waals surface area (Å²) in [6.45, 7) is 1.91. The number of carbonyl (C=O) groups excluding carboxylic acids is 2. The van der Waals surface area contributed by atoms with Crippen LogP contribution in [-0.4, -0.2) is 58.8 Å². The predicted octanol–water partition coefficient (Wildman–Crippen LogP) is 4.27. The minimum absolute atomic E-state index is 0.00907. The minimum Gasteiger partial charge on any atom is -0.337 e. The first-order valence-electron chi connectivity index (χ1n) is 10.4. The lowest BCUT2D eigenvalue weighted by molar-refractivity contribution is -0.117. The molecule has 0 atom stereocenters. The number of rotatable bonds is 7. The number of anilines is 1. The molecule has 2 amide bonds. The van der Waals surface area contributed by atoms with Crippen molar-refractivity contribution in [3.63, 3.8) is 0 Å². The Morgan fingerprint density at radius 1 is 1.16 bits per heavy atom. The topological polar surface area (TPSA) is 52.7 Å². The molecule has 5 nitrogen and oxygen atoms in total. The van der Waals surface area contributed by atoms with Gasteiger partial charge in [-0.25, -0.2) is 4.39 Å². The fraction of sp³-hybridized carbons (Fsp3) is 0.391. The number of thioether (sulfide) groups is 1. The molecule has 1 aliphatic heterocycles. The van der Waals surface area contributed by atoms with E-state index in [2.05, 4.69) is 5.32 Å². The van der Waals surface area contributed by atoms with Gasteiger partial charge in [0.1, 0.15) is 5.82 Å². The van der Waals surface area contributed by atoms with Crippen LogP contribution in [-0.2, 0) is 11.3 Å². The van der Waals surface area contributed by atoms with Gasteiger partial charge in [-0.2, -0.15) is 11.8 Å². The maximum absolute atomic E-state index is 14.2. The number of hydrogen-bond acceptors (Lipinski definition) is 4. The molecule has 2 aromatic carbocycles. The van der Waals surface area contributed by atoms with Crippen molar-refractivity contribution in [2.45, 2.75) is 25.4 Å². The van der Waals surface area contributed by atoms with E-state index in [1.165, 1.54) is 6.07 Å². The molecule has 0 spiro atoms. The maximum atomic E-state index is 14.2. The molecule has 2 aromatic rings. The van der Waals surface area contributed by atoms with E-state index in [0.29, 0.717) is 21.8 Å². The Bertz CT molecular complexity index is 943. The molecule has 2 fully saturated rings. The van der Waals surface area contributed by atoms with Gasteiger partial charge in [0, 0.05) is 59.0 Å². The molecule has 0 bridgehead atoms. The zero-order valence-corrected chi connectivity index (χ0v) is 18.7. The Morgan fingerprint density at radius 3 is 2.61 bits per heavy atom. The van der Waals surface area contributed by atoms with Gasteiger partial charge in [-0.1, -0.05) is 23.7 Å². The Labute approximate surface area is 190 Å². The summed E-state index contributed by atoms with van der Waals surface area (Å²) >= 11 is 8.02. The number of halogens is 2. The Morgan fingerprint density at radius 2 is 1.90 bits per heavy atom. The predicted molar refractivity (Wildman–Crippen MR) is 123 cm³/mol. The van der Waals surface area contributed by atoms with Crippen LogP contribution in [0.15, 0.2) is 42.5 Å². The van der Waals surface area contributed by atoms with Crippen LogP contribution in [0.3, 0.4) is 0 Å². The highest BCUT2D eigenvalue weighted by molar-refractivity contribution is 7.99. The van der Waals surface area contributed by atoms with Gasteiger partial charge in [0.25, 0.3) is 5.91 Å². The quantitative estimate of drug-likeness (QED) is 0.669.